The molecule has 2 aromatic carbocycles. The summed E-state index contributed by atoms with van der Waals surface area (Å²) in [6.45, 7) is 1.68. The molecular weight excluding hydrogens is 555 g/mol. The Morgan fingerprint density at radius 2 is 1.47 bits per heavy atom. The number of hydrogen-bond donors (Lipinski definition) is 2. The normalized spacial score (nSPS) is 12.2. The summed E-state index contributed by atoms with van der Waals surface area (Å²) in [6.07, 6.45) is 0. The van der Waals surface area contributed by atoms with Crippen molar-refractivity contribution in [1.29, 1.82) is 0 Å². The average molecular weight is 568 g/mol. The molecule has 6 nitrogen and oxygen atoms in total. The first kappa shape index (κ1) is 23.6. The van der Waals surface area contributed by atoms with Crippen LogP contribution in [-0.2, 0) is 20.0 Å². The number of fused-ring (bicyclic) bond motifs is 1. The van der Waals surface area contributed by atoms with E-state index in [1.807, 2.05) is 0 Å². The highest BCUT2D eigenvalue weighted by atomic mass is 35.5. The van der Waals surface area contributed by atoms with E-state index in [4.69, 9.17) is 34.8 Å². The van der Waals surface area contributed by atoms with Crippen molar-refractivity contribution in [3.05, 3.63) is 68.5 Å². The van der Waals surface area contributed by atoms with Gasteiger partial charge in [0.1, 0.15) is 8.42 Å². The molecule has 4 aromatic rings. The molecule has 0 fully saturated rings. The summed E-state index contributed by atoms with van der Waals surface area (Å²) < 4.78 is 57.5. The van der Waals surface area contributed by atoms with Crippen LogP contribution in [0.25, 0.3) is 10.1 Å². The van der Waals surface area contributed by atoms with Gasteiger partial charge in [0.05, 0.1) is 21.4 Å². The van der Waals surface area contributed by atoms with Gasteiger partial charge in [0, 0.05) is 9.72 Å². The third kappa shape index (κ3) is 4.58. The van der Waals surface area contributed by atoms with Crippen LogP contribution in [0.5, 0.6) is 0 Å². The summed E-state index contributed by atoms with van der Waals surface area (Å²) in [7, 11) is -8.04. The lowest BCUT2D eigenvalue weighted by Gasteiger charge is -2.15. The van der Waals surface area contributed by atoms with Crippen molar-refractivity contribution in [2.45, 2.75) is 15.3 Å². The molecular formula is C19H13Cl3N2O4S4. The van der Waals surface area contributed by atoms with Crippen LogP contribution >= 0.6 is 57.5 Å². The number of thiophene rings is 2. The van der Waals surface area contributed by atoms with Gasteiger partial charge < -0.3 is 0 Å². The van der Waals surface area contributed by atoms with Crippen molar-refractivity contribution in [2.24, 2.45) is 0 Å². The Balaban J connectivity index is 1.77. The zero-order valence-electron chi connectivity index (χ0n) is 16.0. The third-order valence-corrected chi connectivity index (χ3v) is 11.4. The Hall–Kier alpha value is -1.53. The second kappa shape index (κ2) is 8.68. The van der Waals surface area contributed by atoms with Gasteiger partial charge in [-0.3, -0.25) is 9.44 Å². The molecule has 0 bridgehead atoms. The van der Waals surface area contributed by atoms with E-state index in [1.54, 1.807) is 36.6 Å². The van der Waals surface area contributed by atoms with Crippen molar-refractivity contribution in [3.8, 4) is 0 Å². The minimum Gasteiger partial charge on any atom is -0.277 e. The molecule has 0 atom stereocenters. The monoisotopic (exact) mass is 566 g/mol. The molecule has 0 aliphatic heterocycles. The Bertz CT molecular complexity index is 1550. The van der Waals surface area contributed by atoms with E-state index < -0.39 is 20.0 Å². The molecule has 0 amide bonds. The van der Waals surface area contributed by atoms with E-state index >= 15 is 0 Å². The van der Waals surface area contributed by atoms with Crippen molar-refractivity contribution >= 4 is 99.0 Å². The summed E-state index contributed by atoms with van der Waals surface area (Å²) in [5, 5.41) is 2.94. The standard InChI is InChI=1S/C19H13Cl3N2O4S4/c1-10-12-7-11(20)4-5-17(12)30-19(10)32(27,28)24-16-9-14(22)13(21)8-15(16)23-31(25,26)18-3-2-6-29-18/h2-9,23-24H,1H3. The molecule has 0 saturated carbocycles. The fourth-order valence-electron chi connectivity index (χ4n) is 2.95. The van der Waals surface area contributed by atoms with Crippen LogP contribution < -0.4 is 9.44 Å². The second-order valence-electron chi connectivity index (χ2n) is 6.61. The van der Waals surface area contributed by atoms with Crippen LogP contribution in [0.4, 0.5) is 11.4 Å². The van der Waals surface area contributed by atoms with E-state index in [0.29, 0.717) is 10.6 Å². The van der Waals surface area contributed by atoms with E-state index in [9.17, 15) is 16.8 Å². The van der Waals surface area contributed by atoms with Gasteiger partial charge in [-0.05, 0) is 59.7 Å². The van der Waals surface area contributed by atoms with E-state index in [-0.39, 0.29) is 29.8 Å². The molecule has 13 heteroatoms. The highest BCUT2D eigenvalue weighted by molar-refractivity contribution is 7.95. The predicted octanol–water partition coefficient (Wildman–Crippen LogP) is 6.83. The van der Waals surface area contributed by atoms with Crippen LogP contribution in [0, 0.1) is 6.92 Å². The summed E-state index contributed by atoms with van der Waals surface area (Å²) in [5.74, 6) is 0. The topological polar surface area (TPSA) is 92.3 Å². The first-order chi connectivity index (χ1) is 15.0. The van der Waals surface area contributed by atoms with Crippen molar-refractivity contribution in [1.82, 2.24) is 0 Å². The molecule has 4 rings (SSSR count). The van der Waals surface area contributed by atoms with E-state index in [2.05, 4.69) is 9.44 Å². The first-order valence-electron chi connectivity index (χ1n) is 8.75. The lowest BCUT2D eigenvalue weighted by atomic mass is 10.2. The zero-order chi connectivity index (χ0) is 23.3. The molecule has 0 spiro atoms. The molecule has 0 saturated heterocycles. The number of halogens is 3. The maximum absolute atomic E-state index is 13.2. The number of rotatable bonds is 6. The zero-order valence-corrected chi connectivity index (χ0v) is 21.6. The Kier molecular flexibility index (Phi) is 6.40. The number of hydrogen-bond acceptors (Lipinski definition) is 6. The number of benzene rings is 2. The van der Waals surface area contributed by atoms with Gasteiger partial charge in [-0.2, -0.15) is 0 Å². The second-order valence-corrected chi connectivity index (χ2v) is 13.6. The average Bonchev–Trinajstić information content (AvgIpc) is 3.35. The van der Waals surface area contributed by atoms with Crippen molar-refractivity contribution < 1.29 is 16.8 Å². The maximum Gasteiger partial charge on any atom is 0.271 e. The largest absolute Gasteiger partial charge is 0.277 e. The van der Waals surface area contributed by atoms with Crippen molar-refractivity contribution in [3.63, 3.8) is 0 Å². The first-order valence-corrected chi connectivity index (χ1v) is 14.5. The molecule has 0 aliphatic rings. The quantitative estimate of drug-likeness (QED) is 0.267. The van der Waals surface area contributed by atoms with Crippen LogP contribution in [-0.4, -0.2) is 16.8 Å². The van der Waals surface area contributed by atoms with Crippen LogP contribution in [0.15, 0.2) is 56.3 Å². The van der Waals surface area contributed by atoms with E-state index in [1.165, 1.54) is 18.2 Å². The highest BCUT2D eigenvalue weighted by Crippen LogP contribution is 2.39. The molecule has 32 heavy (non-hydrogen) atoms. The van der Waals surface area contributed by atoms with Gasteiger partial charge >= 0.3 is 0 Å². The number of nitrogens with one attached hydrogen (secondary N) is 2. The molecule has 0 aliphatic carbocycles. The molecule has 2 N–H and O–H groups in total. The maximum atomic E-state index is 13.2. The molecule has 0 unspecified atom stereocenters. The predicted molar refractivity (Wildman–Crippen MR) is 134 cm³/mol. The van der Waals surface area contributed by atoms with Gasteiger partial charge in [-0.15, -0.1) is 22.7 Å². The van der Waals surface area contributed by atoms with Crippen molar-refractivity contribution in [2.75, 3.05) is 9.44 Å². The molecule has 2 heterocycles. The minimum atomic E-state index is -4.09. The molecule has 0 radical (unpaired) electrons. The number of aryl methyl sites for hydroxylation is 1. The molecule has 168 valence electrons. The SMILES string of the molecule is Cc1c(S(=O)(=O)Nc2cc(Cl)c(Cl)cc2NS(=O)(=O)c2cccs2)sc2ccc(Cl)cc12. The van der Waals surface area contributed by atoms with Gasteiger partial charge in [-0.25, -0.2) is 16.8 Å². The fourth-order valence-corrected chi connectivity index (χ4v) is 8.33. The van der Waals surface area contributed by atoms with Gasteiger partial charge in [0.15, 0.2) is 0 Å². The van der Waals surface area contributed by atoms with Gasteiger partial charge in [0.25, 0.3) is 20.0 Å². The summed E-state index contributed by atoms with van der Waals surface area (Å²) in [6, 6.07) is 10.7. The highest BCUT2D eigenvalue weighted by Gasteiger charge is 2.25. The lowest BCUT2D eigenvalue weighted by molar-refractivity contribution is 0.600. The summed E-state index contributed by atoms with van der Waals surface area (Å²) in [5.41, 5.74) is 0.411. The van der Waals surface area contributed by atoms with Crippen LogP contribution in [0.3, 0.4) is 0 Å². The van der Waals surface area contributed by atoms with Gasteiger partial charge in [0.2, 0.25) is 0 Å². The smallest absolute Gasteiger partial charge is 0.271 e. The van der Waals surface area contributed by atoms with Gasteiger partial charge in [-0.1, -0.05) is 40.9 Å². The summed E-state index contributed by atoms with van der Waals surface area (Å²) >= 11 is 20.3. The van der Waals surface area contributed by atoms with E-state index in [0.717, 1.165) is 32.8 Å². The Labute approximate surface area is 207 Å². The third-order valence-electron chi connectivity index (χ3n) is 4.41. The van der Waals surface area contributed by atoms with Crippen LogP contribution in [0.2, 0.25) is 15.1 Å². The number of anilines is 2. The summed E-state index contributed by atoms with van der Waals surface area (Å²) in [4.78, 5) is 0. The Morgan fingerprint density at radius 3 is 2.06 bits per heavy atom. The number of sulfonamides is 2. The Morgan fingerprint density at radius 1 is 0.844 bits per heavy atom. The van der Waals surface area contributed by atoms with Crippen LogP contribution in [0.1, 0.15) is 5.56 Å². The molecule has 2 aromatic heterocycles. The fraction of sp³-hybridized carbons (Fsp3) is 0.0526. The lowest BCUT2D eigenvalue weighted by Crippen LogP contribution is -2.17. The minimum absolute atomic E-state index is 0.0572.